The number of piperazine rings is 1. The molecule has 2 aliphatic rings. The number of carbonyl (C=O) groups is 3. The normalized spacial score (nSPS) is 18.1. The highest BCUT2D eigenvalue weighted by Crippen LogP contribution is 2.28. The fourth-order valence-electron chi connectivity index (χ4n) is 3.02. The molecule has 0 bridgehead atoms. The predicted molar refractivity (Wildman–Crippen MR) is 98.6 cm³/mol. The molecule has 0 atom stereocenters. The molecule has 148 valence electrons. The minimum Gasteiger partial charge on any atom is -0.450 e. The first-order chi connectivity index (χ1) is 13.4. The van der Waals surface area contributed by atoms with Gasteiger partial charge in [0.25, 0.3) is 11.6 Å². The zero-order chi connectivity index (χ0) is 20.3. The number of amides is 4. The SMILES string of the molecule is CCOC(=O)N1CCN(c2ccc([N+](=O)[O-])c(C=C3NC(=O)NC3=O)c2)CC1. The van der Waals surface area contributed by atoms with Gasteiger partial charge in [-0.05, 0) is 25.1 Å². The van der Waals surface area contributed by atoms with E-state index in [1.54, 1.807) is 24.0 Å². The number of imide groups is 1. The number of urea groups is 1. The lowest BCUT2D eigenvalue weighted by atomic mass is 10.1. The molecule has 1 aromatic carbocycles. The Morgan fingerprint density at radius 3 is 2.54 bits per heavy atom. The third-order valence-electron chi connectivity index (χ3n) is 4.40. The number of nitro groups is 1. The zero-order valence-electron chi connectivity index (χ0n) is 15.1. The van der Waals surface area contributed by atoms with Gasteiger partial charge in [-0.15, -0.1) is 0 Å². The molecule has 0 unspecified atom stereocenters. The standard InChI is InChI=1S/C17H19N5O6/c1-2-28-17(25)21-7-5-20(6-8-21)12-3-4-14(22(26)27)11(9-12)10-13-15(23)19-16(24)18-13/h3-4,9-10H,2,5-8H2,1H3,(H2,18,19,23,24). The Balaban J connectivity index is 1.81. The van der Waals surface area contributed by atoms with Gasteiger partial charge in [-0.2, -0.15) is 0 Å². The van der Waals surface area contributed by atoms with Crippen molar-refractivity contribution < 1.29 is 24.0 Å². The lowest BCUT2D eigenvalue weighted by molar-refractivity contribution is -0.385. The quantitative estimate of drug-likeness (QED) is 0.340. The van der Waals surface area contributed by atoms with Gasteiger partial charge in [-0.3, -0.25) is 20.2 Å². The van der Waals surface area contributed by atoms with E-state index >= 15 is 0 Å². The molecule has 0 aliphatic carbocycles. The van der Waals surface area contributed by atoms with E-state index in [0.29, 0.717) is 38.5 Å². The second kappa shape index (κ2) is 7.94. The van der Waals surface area contributed by atoms with Crippen LogP contribution in [0, 0.1) is 10.1 Å². The molecule has 2 aliphatic heterocycles. The molecule has 0 spiro atoms. The number of hydrogen-bond donors (Lipinski definition) is 2. The number of hydrogen-bond acceptors (Lipinski definition) is 7. The smallest absolute Gasteiger partial charge is 0.409 e. The molecule has 4 amide bonds. The zero-order valence-corrected chi connectivity index (χ0v) is 15.1. The first-order valence-electron chi connectivity index (χ1n) is 8.68. The Morgan fingerprint density at radius 2 is 1.96 bits per heavy atom. The summed E-state index contributed by atoms with van der Waals surface area (Å²) in [7, 11) is 0. The minimum absolute atomic E-state index is 0.0580. The van der Waals surface area contributed by atoms with Crippen molar-refractivity contribution >= 4 is 35.5 Å². The number of anilines is 1. The van der Waals surface area contributed by atoms with Crippen LogP contribution >= 0.6 is 0 Å². The largest absolute Gasteiger partial charge is 0.450 e. The molecule has 0 aromatic heterocycles. The molecule has 0 saturated carbocycles. The fourth-order valence-corrected chi connectivity index (χ4v) is 3.02. The van der Waals surface area contributed by atoms with Gasteiger partial charge in [0.2, 0.25) is 0 Å². The van der Waals surface area contributed by atoms with Crippen molar-refractivity contribution in [3.05, 3.63) is 39.6 Å². The molecule has 2 N–H and O–H groups in total. The van der Waals surface area contributed by atoms with Crippen LogP contribution < -0.4 is 15.5 Å². The van der Waals surface area contributed by atoms with Crippen LogP contribution in [0.1, 0.15) is 12.5 Å². The van der Waals surface area contributed by atoms with E-state index in [1.165, 1.54) is 12.1 Å². The van der Waals surface area contributed by atoms with E-state index < -0.39 is 16.9 Å². The van der Waals surface area contributed by atoms with Crippen molar-refractivity contribution in [3.8, 4) is 0 Å². The summed E-state index contributed by atoms with van der Waals surface area (Å²) in [6.07, 6.45) is 0.913. The summed E-state index contributed by atoms with van der Waals surface area (Å²) in [6.45, 7) is 4.04. The van der Waals surface area contributed by atoms with Crippen LogP contribution in [0.4, 0.5) is 21.0 Å². The number of carbonyl (C=O) groups excluding carboxylic acids is 3. The molecule has 0 radical (unpaired) electrons. The van der Waals surface area contributed by atoms with Crippen LogP contribution in [-0.2, 0) is 9.53 Å². The molecule has 3 rings (SSSR count). The van der Waals surface area contributed by atoms with Crippen molar-refractivity contribution in [2.75, 3.05) is 37.7 Å². The second-order valence-electron chi connectivity index (χ2n) is 6.14. The second-order valence-corrected chi connectivity index (χ2v) is 6.14. The molecular formula is C17H19N5O6. The Kier molecular flexibility index (Phi) is 5.43. The number of benzene rings is 1. The monoisotopic (exact) mass is 389 g/mol. The molecular weight excluding hydrogens is 370 g/mol. The summed E-state index contributed by atoms with van der Waals surface area (Å²) >= 11 is 0. The Morgan fingerprint density at radius 1 is 1.25 bits per heavy atom. The van der Waals surface area contributed by atoms with E-state index in [-0.39, 0.29) is 23.0 Å². The van der Waals surface area contributed by atoms with Crippen LogP contribution in [0.25, 0.3) is 6.08 Å². The van der Waals surface area contributed by atoms with Crippen LogP contribution in [0.2, 0.25) is 0 Å². The summed E-state index contributed by atoms with van der Waals surface area (Å²) < 4.78 is 4.99. The topological polar surface area (TPSA) is 134 Å². The summed E-state index contributed by atoms with van der Waals surface area (Å²) in [5.74, 6) is -0.646. The predicted octanol–water partition coefficient (Wildman–Crippen LogP) is 1.05. The first kappa shape index (κ1) is 19.1. The van der Waals surface area contributed by atoms with E-state index in [1.807, 2.05) is 4.90 Å². The van der Waals surface area contributed by atoms with Crippen LogP contribution in [0.3, 0.4) is 0 Å². The third kappa shape index (κ3) is 4.03. The van der Waals surface area contributed by atoms with E-state index in [0.717, 1.165) is 0 Å². The highest BCUT2D eigenvalue weighted by molar-refractivity contribution is 6.14. The van der Waals surface area contributed by atoms with Gasteiger partial charge in [0.15, 0.2) is 0 Å². The highest BCUT2D eigenvalue weighted by Gasteiger charge is 2.26. The Bertz CT molecular complexity index is 860. The van der Waals surface area contributed by atoms with Crippen molar-refractivity contribution in [1.82, 2.24) is 15.5 Å². The van der Waals surface area contributed by atoms with Crippen molar-refractivity contribution in [3.63, 3.8) is 0 Å². The van der Waals surface area contributed by atoms with Crippen molar-refractivity contribution in [2.24, 2.45) is 0 Å². The van der Waals surface area contributed by atoms with E-state index in [2.05, 4.69) is 10.6 Å². The number of ether oxygens (including phenoxy) is 1. The fraction of sp³-hybridized carbons (Fsp3) is 0.353. The van der Waals surface area contributed by atoms with Crippen molar-refractivity contribution in [1.29, 1.82) is 0 Å². The number of nitrogens with one attached hydrogen (secondary N) is 2. The number of nitrogens with zero attached hydrogens (tertiary/aromatic N) is 3. The maximum atomic E-state index is 11.8. The van der Waals surface area contributed by atoms with Gasteiger partial charge in [-0.25, -0.2) is 9.59 Å². The Hall–Kier alpha value is -3.63. The molecule has 11 heteroatoms. The third-order valence-corrected chi connectivity index (χ3v) is 4.40. The maximum Gasteiger partial charge on any atom is 0.409 e. The molecule has 28 heavy (non-hydrogen) atoms. The summed E-state index contributed by atoms with van der Waals surface area (Å²) in [4.78, 5) is 49.1. The molecule has 2 saturated heterocycles. The lowest BCUT2D eigenvalue weighted by Gasteiger charge is -2.35. The summed E-state index contributed by atoms with van der Waals surface area (Å²) in [6, 6.07) is 3.88. The van der Waals surface area contributed by atoms with Crippen LogP contribution in [-0.4, -0.2) is 60.6 Å². The van der Waals surface area contributed by atoms with Crippen LogP contribution in [0.15, 0.2) is 23.9 Å². The average Bonchev–Trinajstić information content (AvgIpc) is 2.98. The van der Waals surface area contributed by atoms with Crippen LogP contribution in [0.5, 0.6) is 0 Å². The minimum atomic E-state index is -0.676. The van der Waals surface area contributed by atoms with Gasteiger partial charge in [0, 0.05) is 37.9 Å². The summed E-state index contributed by atoms with van der Waals surface area (Å²) in [5.41, 5.74) is 0.668. The number of rotatable bonds is 4. The van der Waals surface area contributed by atoms with E-state index in [4.69, 9.17) is 4.74 Å². The van der Waals surface area contributed by atoms with E-state index in [9.17, 15) is 24.5 Å². The maximum absolute atomic E-state index is 11.8. The molecule has 11 nitrogen and oxygen atoms in total. The van der Waals surface area contributed by atoms with Gasteiger partial charge in [0.05, 0.1) is 17.1 Å². The molecule has 2 fully saturated rings. The van der Waals surface area contributed by atoms with Gasteiger partial charge in [-0.1, -0.05) is 0 Å². The first-order valence-corrected chi connectivity index (χ1v) is 8.68. The average molecular weight is 389 g/mol. The highest BCUT2D eigenvalue weighted by atomic mass is 16.6. The summed E-state index contributed by atoms with van der Waals surface area (Å²) in [5, 5.41) is 15.7. The Labute approximate surface area is 160 Å². The molecule has 2 heterocycles. The number of nitro benzene ring substituents is 1. The van der Waals surface area contributed by atoms with Gasteiger partial charge < -0.3 is 19.9 Å². The lowest BCUT2D eigenvalue weighted by Crippen LogP contribution is -2.49. The van der Waals surface area contributed by atoms with Gasteiger partial charge >= 0.3 is 12.1 Å². The molecule has 1 aromatic rings. The van der Waals surface area contributed by atoms with Crippen molar-refractivity contribution in [2.45, 2.75) is 6.92 Å². The van der Waals surface area contributed by atoms with Gasteiger partial charge in [0.1, 0.15) is 5.70 Å².